The van der Waals surface area contributed by atoms with Crippen molar-refractivity contribution in [3.63, 3.8) is 0 Å². The van der Waals surface area contributed by atoms with Crippen molar-refractivity contribution < 1.29 is 14.3 Å². The number of hydrogen-bond donors (Lipinski definition) is 1. The summed E-state index contributed by atoms with van der Waals surface area (Å²) in [4.78, 5) is 15.7. The van der Waals surface area contributed by atoms with Crippen LogP contribution in [0.3, 0.4) is 0 Å². The number of pyridine rings is 1. The second kappa shape index (κ2) is 9.02. The lowest BCUT2D eigenvalue weighted by atomic mass is 10.3. The lowest BCUT2D eigenvalue weighted by Crippen LogP contribution is -2.26. The van der Waals surface area contributed by atoms with Gasteiger partial charge in [-0.3, -0.25) is 4.79 Å². The van der Waals surface area contributed by atoms with Gasteiger partial charge in [0.1, 0.15) is 5.69 Å². The van der Waals surface area contributed by atoms with E-state index in [0.29, 0.717) is 32.1 Å². The quantitative estimate of drug-likeness (QED) is 0.740. The molecule has 0 aromatic carbocycles. The fourth-order valence-electron chi connectivity index (χ4n) is 1.22. The molecule has 1 amide bonds. The molecule has 0 radical (unpaired) electrons. The lowest BCUT2D eigenvalue weighted by molar-refractivity contribution is 0.0688. The Labute approximate surface area is 115 Å². The number of nitrogens with one attached hydrogen (secondary N) is 1. The highest BCUT2D eigenvalue weighted by Gasteiger charge is 2.05. The molecule has 0 aliphatic rings. The van der Waals surface area contributed by atoms with Gasteiger partial charge in [0.25, 0.3) is 5.91 Å². The van der Waals surface area contributed by atoms with E-state index < -0.39 is 0 Å². The van der Waals surface area contributed by atoms with Gasteiger partial charge >= 0.3 is 0 Å². The fourth-order valence-corrected chi connectivity index (χ4v) is 1.46. The molecule has 5 nitrogen and oxygen atoms in total. The van der Waals surface area contributed by atoms with Gasteiger partial charge in [0.15, 0.2) is 0 Å². The summed E-state index contributed by atoms with van der Waals surface area (Å²) < 4.78 is 11.0. The number of methoxy groups -OCH3 is 1. The average molecular weight is 317 g/mol. The van der Waals surface area contributed by atoms with Gasteiger partial charge in [0, 0.05) is 30.9 Å². The largest absolute Gasteiger partial charge is 0.382 e. The Hall–Kier alpha value is -0.980. The molecule has 0 spiro atoms. The van der Waals surface area contributed by atoms with E-state index >= 15 is 0 Å². The lowest BCUT2D eigenvalue weighted by Gasteiger charge is -2.05. The Morgan fingerprint density at radius 1 is 1.39 bits per heavy atom. The van der Waals surface area contributed by atoms with Crippen LogP contribution in [0.5, 0.6) is 0 Å². The number of carbonyl (C=O) groups excluding carboxylic acids is 1. The van der Waals surface area contributed by atoms with E-state index in [4.69, 9.17) is 9.47 Å². The van der Waals surface area contributed by atoms with Gasteiger partial charge in [0.2, 0.25) is 0 Å². The van der Waals surface area contributed by atoms with E-state index in [0.717, 1.165) is 10.9 Å². The molecule has 0 fully saturated rings. The molecule has 18 heavy (non-hydrogen) atoms. The highest BCUT2D eigenvalue weighted by Crippen LogP contribution is 2.07. The van der Waals surface area contributed by atoms with Crippen molar-refractivity contribution in [3.05, 3.63) is 28.5 Å². The Kier molecular flexibility index (Phi) is 7.55. The summed E-state index contributed by atoms with van der Waals surface area (Å²) in [5.41, 5.74) is 0.415. The minimum Gasteiger partial charge on any atom is -0.382 e. The number of rotatable bonds is 8. The second-order valence-electron chi connectivity index (χ2n) is 3.58. The Morgan fingerprint density at radius 2 is 2.22 bits per heavy atom. The third-order valence-electron chi connectivity index (χ3n) is 2.14. The van der Waals surface area contributed by atoms with Crippen molar-refractivity contribution in [2.75, 3.05) is 33.5 Å². The maximum Gasteiger partial charge on any atom is 0.269 e. The van der Waals surface area contributed by atoms with Crippen molar-refractivity contribution in [1.29, 1.82) is 0 Å². The van der Waals surface area contributed by atoms with E-state index in [9.17, 15) is 4.79 Å². The zero-order chi connectivity index (χ0) is 13.2. The Morgan fingerprint density at radius 3 is 2.89 bits per heavy atom. The predicted molar refractivity (Wildman–Crippen MR) is 71.6 cm³/mol. The summed E-state index contributed by atoms with van der Waals surface area (Å²) in [7, 11) is 1.63. The molecule has 1 aromatic heterocycles. The van der Waals surface area contributed by atoms with Crippen molar-refractivity contribution in [1.82, 2.24) is 10.3 Å². The zero-order valence-corrected chi connectivity index (χ0v) is 11.9. The van der Waals surface area contributed by atoms with Gasteiger partial charge in [-0.05, 0) is 34.5 Å². The van der Waals surface area contributed by atoms with Gasteiger partial charge in [0.05, 0.1) is 13.2 Å². The maximum atomic E-state index is 11.6. The summed E-state index contributed by atoms with van der Waals surface area (Å²) in [5, 5.41) is 2.78. The summed E-state index contributed by atoms with van der Waals surface area (Å²) in [6.45, 7) is 2.36. The first-order valence-electron chi connectivity index (χ1n) is 5.70. The molecule has 0 bridgehead atoms. The minimum absolute atomic E-state index is 0.167. The van der Waals surface area contributed by atoms with Gasteiger partial charge in [-0.1, -0.05) is 0 Å². The van der Waals surface area contributed by atoms with Gasteiger partial charge in [-0.15, -0.1) is 0 Å². The minimum atomic E-state index is -0.167. The predicted octanol–water partition coefficient (Wildman–Crippen LogP) is 1.63. The van der Waals surface area contributed by atoms with Crippen LogP contribution in [0, 0.1) is 0 Å². The first-order chi connectivity index (χ1) is 8.74. The first kappa shape index (κ1) is 15.1. The third kappa shape index (κ3) is 6.09. The summed E-state index contributed by atoms with van der Waals surface area (Å²) in [6, 6.07) is 3.46. The van der Waals surface area contributed by atoms with Crippen LogP contribution in [-0.4, -0.2) is 44.4 Å². The molecule has 6 heteroatoms. The van der Waals surface area contributed by atoms with E-state index in [1.54, 1.807) is 25.4 Å². The fraction of sp³-hybridized carbons (Fsp3) is 0.500. The highest BCUT2D eigenvalue weighted by atomic mass is 79.9. The third-order valence-corrected chi connectivity index (χ3v) is 2.61. The van der Waals surface area contributed by atoms with Crippen LogP contribution in [0.15, 0.2) is 22.8 Å². The van der Waals surface area contributed by atoms with Crippen LogP contribution >= 0.6 is 15.9 Å². The Balaban J connectivity index is 2.12. The number of hydrogen-bond acceptors (Lipinski definition) is 4. The monoisotopic (exact) mass is 316 g/mol. The molecular formula is C12H17BrN2O3. The Bertz CT molecular complexity index is 357. The van der Waals surface area contributed by atoms with Crippen LogP contribution in [0.2, 0.25) is 0 Å². The van der Waals surface area contributed by atoms with Crippen molar-refractivity contribution in [2.24, 2.45) is 0 Å². The topological polar surface area (TPSA) is 60.5 Å². The molecular weight excluding hydrogens is 300 g/mol. The second-order valence-corrected chi connectivity index (χ2v) is 4.49. The van der Waals surface area contributed by atoms with Gasteiger partial charge in [-0.2, -0.15) is 0 Å². The zero-order valence-electron chi connectivity index (χ0n) is 10.3. The molecule has 0 saturated heterocycles. The van der Waals surface area contributed by atoms with E-state index in [1.165, 1.54) is 0 Å². The molecule has 1 heterocycles. The maximum absolute atomic E-state index is 11.6. The van der Waals surface area contributed by atoms with Crippen molar-refractivity contribution >= 4 is 21.8 Å². The molecule has 0 unspecified atom stereocenters. The molecule has 1 rings (SSSR count). The normalized spacial score (nSPS) is 10.3. The SMILES string of the molecule is COCCOCCCNC(=O)c1ccc(Br)cn1. The molecule has 1 aromatic rings. The highest BCUT2D eigenvalue weighted by molar-refractivity contribution is 9.10. The van der Waals surface area contributed by atoms with Gasteiger partial charge in [-0.25, -0.2) is 4.98 Å². The average Bonchev–Trinajstić information content (AvgIpc) is 2.38. The number of nitrogens with zero attached hydrogens (tertiary/aromatic N) is 1. The molecule has 0 aliphatic heterocycles. The summed E-state index contributed by atoms with van der Waals surface area (Å²) in [5.74, 6) is -0.167. The number of ether oxygens (including phenoxy) is 2. The van der Waals surface area contributed by atoms with Crippen LogP contribution in [-0.2, 0) is 9.47 Å². The molecule has 0 aliphatic carbocycles. The van der Waals surface area contributed by atoms with Gasteiger partial charge < -0.3 is 14.8 Å². The van der Waals surface area contributed by atoms with Crippen molar-refractivity contribution in [3.8, 4) is 0 Å². The van der Waals surface area contributed by atoms with E-state index in [1.807, 2.05) is 0 Å². The first-order valence-corrected chi connectivity index (χ1v) is 6.50. The van der Waals surface area contributed by atoms with E-state index in [2.05, 4.69) is 26.2 Å². The molecule has 0 atom stereocenters. The van der Waals surface area contributed by atoms with E-state index in [-0.39, 0.29) is 5.91 Å². The van der Waals surface area contributed by atoms with Crippen molar-refractivity contribution in [2.45, 2.75) is 6.42 Å². The van der Waals surface area contributed by atoms with Crippen LogP contribution < -0.4 is 5.32 Å². The molecule has 0 saturated carbocycles. The molecule has 1 N–H and O–H groups in total. The number of amides is 1. The van der Waals surface area contributed by atoms with Crippen LogP contribution in [0.1, 0.15) is 16.9 Å². The summed E-state index contributed by atoms with van der Waals surface area (Å²) in [6.07, 6.45) is 2.37. The smallest absolute Gasteiger partial charge is 0.269 e. The van der Waals surface area contributed by atoms with Crippen LogP contribution in [0.25, 0.3) is 0 Å². The van der Waals surface area contributed by atoms with Crippen LogP contribution in [0.4, 0.5) is 0 Å². The molecule has 100 valence electrons. The summed E-state index contributed by atoms with van der Waals surface area (Å²) >= 11 is 3.27. The number of aromatic nitrogens is 1. The number of carbonyl (C=O) groups is 1. The number of halogens is 1. The standard InChI is InChI=1S/C12H17BrN2O3/c1-17-7-8-18-6-2-5-14-12(16)11-4-3-10(13)9-15-11/h3-4,9H,2,5-8H2,1H3,(H,14,16).